The Labute approximate surface area is 141 Å². The molecular formula is C17H25NS3. The van der Waals surface area contributed by atoms with Crippen LogP contribution >= 0.6 is 34.4 Å². The Bertz CT molecular complexity index is 450. The molecule has 2 aromatic rings. The average molecular weight is 340 g/mol. The fraction of sp³-hybridized carbons (Fsp3) is 0.529. The lowest BCUT2D eigenvalue weighted by Gasteiger charge is -2.17. The van der Waals surface area contributed by atoms with Gasteiger partial charge in [-0.25, -0.2) is 0 Å². The van der Waals surface area contributed by atoms with E-state index in [0.29, 0.717) is 6.04 Å². The summed E-state index contributed by atoms with van der Waals surface area (Å²) in [7, 11) is 0. The lowest BCUT2D eigenvalue weighted by Crippen LogP contribution is -2.23. The molecular weight excluding hydrogens is 314 g/mol. The van der Waals surface area contributed by atoms with E-state index in [1.165, 1.54) is 41.2 Å². The molecule has 0 saturated carbocycles. The molecule has 116 valence electrons. The van der Waals surface area contributed by atoms with Gasteiger partial charge in [0.25, 0.3) is 0 Å². The number of thiophene rings is 2. The summed E-state index contributed by atoms with van der Waals surface area (Å²) >= 11 is 5.69. The minimum atomic E-state index is 0.481. The SMILES string of the molecule is CSCCCCCCNC(Cc1cccs1)c1cccs1. The fourth-order valence-electron chi connectivity index (χ4n) is 2.39. The summed E-state index contributed by atoms with van der Waals surface area (Å²) in [5.41, 5.74) is 0. The molecule has 4 heteroatoms. The average Bonchev–Trinajstić information content (AvgIpc) is 3.18. The maximum absolute atomic E-state index is 3.76. The minimum absolute atomic E-state index is 0.481. The Morgan fingerprint density at radius 3 is 2.57 bits per heavy atom. The predicted molar refractivity (Wildman–Crippen MR) is 99.9 cm³/mol. The third kappa shape index (κ3) is 6.55. The minimum Gasteiger partial charge on any atom is -0.309 e. The van der Waals surface area contributed by atoms with Crippen molar-refractivity contribution < 1.29 is 0 Å². The van der Waals surface area contributed by atoms with Crippen LogP contribution in [-0.4, -0.2) is 18.6 Å². The van der Waals surface area contributed by atoms with E-state index in [2.05, 4.69) is 46.6 Å². The van der Waals surface area contributed by atoms with Crippen LogP contribution in [0.25, 0.3) is 0 Å². The molecule has 2 aromatic heterocycles. The number of rotatable bonds is 11. The maximum atomic E-state index is 3.76. The van der Waals surface area contributed by atoms with E-state index in [1.807, 2.05) is 34.4 Å². The molecule has 0 spiro atoms. The molecule has 1 N–H and O–H groups in total. The summed E-state index contributed by atoms with van der Waals surface area (Å²) in [6.45, 7) is 1.13. The molecule has 0 aliphatic carbocycles. The molecule has 0 aromatic carbocycles. The van der Waals surface area contributed by atoms with Crippen molar-refractivity contribution in [2.45, 2.75) is 38.1 Å². The first-order valence-electron chi connectivity index (χ1n) is 7.68. The van der Waals surface area contributed by atoms with Gasteiger partial charge >= 0.3 is 0 Å². The van der Waals surface area contributed by atoms with Crippen molar-refractivity contribution >= 4 is 34.4 Å². The highest BCUT2D eigenvalue weighted by Gasteiger charge is 2.13. The summed E-state index contributed by atoms with van der Waals surface area (Å²) in [6.07, 6.45) is 8.69. The van der Waals surface area contributed by atoms with Crippen molar-refractivity contribution in [2.75, 3.05) is 18.6 Å². The molecule has 1 atom stereocenters. The zero-order valence-corrected chi connectivity index (χ0v) is 15.2. The van der Waals surface area contributed by atoms with Crippen LogP contribution in [0.4, 0.5) is 0 Å². The van der Waals surface area contributed by atoms with Crippen molar-refractivity contribution in [1.82, 2.24) is 5.32 Å². The first kappa shape index (κ1) is 17.1. The molecule has 0 aliphatic rings. The lowest BCUT2D eigenvalue weighted by molar-refractivity contribution is 0.514. The van der Waals surface area contributed by atoms with Crippen LogP contribution in [0.5, 0.6) is 0 Å². The number of unbranched alkanes of at least 4 members (excludes halogenated alkanes) is 3. The van der Waals surface area contributed by atoms with Gasteiger partial charge in [-0.05, 0) is 54.3 Å². The Kier molecular flexibility index (Phi) is 8.48. The molecule has 2 heterocycles. The Hall–Kier alpha value is -0.290. The normalized spacial score (nSPS) is 12.6. The van der Waals surface area contributed by atoms with Gasteiger partial charge in [0, 0.05) is 22.2 Å². The zero-order valence-electron chi connectivity index (χ0n) is 12.7. The second kappa shape index (κ2) is 10.4. The van der Waals surface area contributed by atoms with Crippen molar-refractivity contribution in [3.8, 4) is 0 Å². The predicted octanol–water partition coefficient (Wildman–Crippen LogP) is 5.61. The summed E-state index contributed by atoms with van der Waals surface area (Å²) in [4.78, 5) is 2.94. The maximum Gasteiger partial charge on any atom is 0.0463 e. The second-order valence-corrected chi connectivity index (χ2v) is 8.21. The van der Waals surface area contributed by atoms with Gasteiger partial charge < -0.3 is 5.32 Å². The molecule has 0 radical (unpaired) electrons. The summed E-state index contributed by atoms with van der Waals surface area (Å²) in [5, 5.41) is 8.12. The molecule has 0 fully saturated rings. The summed E-state index contributed by atoms with van der Waals surface area (Å²) in [6, 6.07) is 9.29. The fourth-order valence-corrected chi connectivity index (χ4v) is 4.44. The third-order valence-corrected chi connectivity index (χ3v) is 6.12. The summed E-state index contributed by atoms with van der Waals surface area (Å²) < 4.78 is 0. The topological polar surface area (TPSA) is 12.0 Å². The Morgan fingerprint density at radius 2 is 1.86 bits per heavy atom. The largest absolute Gasteiger partial charge is 0.309 e. The third-order valence-electron chi connectivity index (χ3n) is 3.54. The van der Waals surface area contributed by atoms with E-state index in [1.54, 1.807) is 0 Å². The number of hydrogen-bond acceptors (Lipinski definition) is 4. The smallest absolute Gasteiger partial charge is 0.0463 e. The molecule has 0 bridgehead atoms. The van der Waals surface area contributed by atoms with Crippen molar-refractivity contribution in [1.29, 1.82) is 0 Å². The monoisotopic (exact) mass is 339 g/mol. The van der Waals surface area contributed by atoms with E-state index < -0.39 is 0 Å². The van der Waals surface area contributed by atoms with Gasteiger partial charge in [-0.2, -0.15) is 11.8 Å². The van der Waals surface area contributed by atoms with E-state index in [-0.39, 0.29) is 0 Å². The van der Waals surface area contributed by atoms with Gasteiger partial charge in [0.05, 0.1) is 0 Å². The van der Waals surface area contributed by atoms with Gasteiger partial charge in [0.1, 0.15) is 0 Å². The van der Waals surface area contributed by atoms with Crippen LogP contribution in [0.3, 0.4) is 0 Å². The highest BCUT2D eigenvalue weighted by atomic mass is 32.2. The van der Waals surface area contributed by atoms with Crippen LogP contribution in [0.15, 0.2) is 35.0 Å². The summed E-state index contributed by atoms with van der Waals surface area (Å²) in [5.74, 6) is 1.31. The zero-order chi connectivity index (χ0) is 14.8. The van der Waals surface area contributed by atoms with Crippen LogP contribution in [0.1, 0.15) is 41.5 Å². The number of nitrogens with one attached hydrogen (secondary N) is 1. The van der Waals surface area contributed by atoms with E-state index in [0.717, 1.165) is 13.0 Å². The molecule has 0 aliphatic heterocycles. The molecule has 2 rings (SSSR count). The van der Waals surface area contributed by atoms with Crippen LogP contribution < -0.4 is 5.32 Å². The molecule has 1 unspecified atom stereocenters. The van der Waals surface area contributed by atoms with Crippen LogP contribution in [0, 0.1) is 0 Å². The number of hydrogen-bond donors (Lipinski definition) is 1. The van der Waals surface area contributed by atoms with Gasteiger partial charge in [0.2, 0.25) is 0 Å². The lowest BCUT2D eigenvalue weighted by atomic mass is 10.1. The molecule has 0 saturated heterocycles. The quantitative estimate of drug-likeness (QED) is 0.534. The molecule has 1 nitrogen and oxygen atoms in total. The van der Waals surface area contributed by atoms with Crippen LogP contribution in [-0.2, 0) is 6.42 Å². The first-order valence-corrected chi connectivity index (χ1v) is 10.8. The Balaban J connectivity index is 1.72. The van der Waals surface area contributed by atoms with Crippen LogP contribution in [0.2, 0.25) is 0 Å². The van der Waals surface area contributed by atoms with E-state index in [9.17, 15) is 0 Å². The van der Waals surface area contributed by atoms with Gasteiger partial charge in [-0.15, -0.1) is 22.7 Å². The molecule has 21 heavy (non-hydrogen) atoms. The standard InChI is InChI=1S/C17H25NS3/c1-19-11-5-3-2-4-10-18-16(17-9-7-13-21-17)14-15-8-6-12-20-15/h6-9,12-13,16,18H,2-5,10-11,14H2,1H3. The highest BCUT2D eigenvalue weighted by molar-refractivity contribution is 7.98. The second-order valence-electron chi connectivity index (χ2n) is 5.21. The van der Waals surface area contributed by atoms with E-state index >= 15 is 0 Å². The Morgan fingerprint density at radius 1 is 1.05 bits per heavy atom. The van der Waals surface area contributed by atoms with Crippen molar-refractivity contribution in [3.63, 3.8) is 0 Å². The van der Waals surface area contributed by atoms with Crippen molar-refractivity contribution in [2.24, 2.45) is 0 Å². The van der Waals surface area contributed by atoms with Crippen molar-refractivity contribution in [3.05, 3.63) is 44.8 Å². The van der Waals surface area contributed by atoms with Gasteiger partial charge in [-0.3, -0.25) is 0 Å². The first-order chi connectivity index (χ1) is 10.4. The highest BCUT2D eigenvalue weighted by Crippen LogP contribution is 2.25. The molecule has 0 amide bonds. The van der Waals surface area contributed by atoms with Gasteiger partial charge in [-0.1, -0.05) is 25.0 Å². The van der Waals surface area contributed by atoms with E-state index in [4.69, 9.17) is 0 Å². The number of thioether (sulfide) groups is 1. The van der Waals surface area contributed by atoms with Gasteiger partial charge in [0.15, 0.2) is 0 Å².